The molecule has 0 radical (unpaired) electrons. The van der Waals surface area contributed by atoms with E-state index in [9.17, 15) is 35.1 Å². The molecule has 8 heterocycles. The van der Waals surface area contributed by atoms with Crippen molar-refractivity contribution >= 4 is 11.8 Å². The number of fused-ring (bicyclic) bond motifs is 2. The number of aliphatic hydroxyl groups excluding tert-OH is 3. The second kappa shape index (κ2) is 17.1. The molecule has 0 aromatic heterocycles. The van der Waals surface area contributed by atoms with E-state index in [0.29, 0.717) is 51.6 Å². The standard InChI is InChI=1S/C47H72O15/c1-26(10-11-33-30(48)22-37(56-33)47(54)39(50)28(3)14-20-55-47)21-27(2)23-42(5)16-13-36(60-42)46-19-18-43(6,62-46)25-35(59-46)38-31(49)24-44(7,61-38)40(51)34-12-17-45(58-34)15-8-9-32(57-45)29(4)41(52)53/h10-11,21,27-30,32-40,48,50-51,54H,8-9,12-20,22-25H2,1-7H3,(H,52,53)/b11-10+,26-21+/t27-,28+,29+,30+,32+,33+,34-,35+,36+,37-,38-,39+,40-,42+,43-,44+,45-,46-,47+/m1/s1. The molecule has 1 spiro atoms. The number of rotatable bonds is 12. The van der Waals surface area contributed by atoms with E-state index in [1.807, 2.05) is 19.9 Å². The number of aliphatic carboxylic acids is 1. The first-order valence-electron chi connectivity index (χ1n) is 23.4. The number of carbonyl (C=O) groups excluding carboxylic acids is 1. The van der Waals surface area contributed by atoms with Crippen LogP contribution in [0.1, 0.15) is 138 Å². The van der Waals surface area contributed by atoms with Crippen molar-refractivity contribution in [2.24, 2.45) is 17.8 Å². The van der Waals surface area contributed by atoms with Crippen molar-refractivity contribution in [2.75, 3.05) is 6.61 Å². The van der Waals surface area contributed by atoms with E-state index in [-0.39, 0.29) is 36.6 Å². The molecule has 0 aliphatic carbocycles. The van der Waals surface area contributed by atoms with Crippen molar-refractivity contribution in [2.45, 2.75) is 234 Å². The van der Waals surface area contributed by atoms with Gasteiger partial charge in [0.2, 0.25) is 5.79 Å². The van der Waals surface area contributed by atoms with E-state index < -0.39 is 101 Å². The van der Waals surface area contributed by atoms with Crippen LogP contribution in [0.4, 0.5) is 0 Å². The highest BCUT2D eigenvalue weighted by Crippen LogP contribution is 2.55. The number of carboxylic acid groups (broad SMARTS) is 1. The van der Waals surface area contributed by atoms with Gasteiger partial charge in [0.25, 0.3) is 0 Å². The molecule has 0 unspecified atom stereocenters. The number of carbonyl (C=O) groups is 2. The Bertz CT molecular complexity index is 1740. The first-order valence-corrected chi connectivity index (χ1v) is 23.4. The van der Waals surface area contributed by atoms with Gasteiger partial charge in [-0.25, -0.2) is 0 Å². The Kier molecular flexibility index (Phi) is 12.9. The maximum atomic E-state index is 13.9. The Morgan fingerprint density at radius 2 is 1.68 bits per heavy atom. The van der Waals surface area contributed by atoms with Crippen LogP contribution in [0.2, 0.25) is 0 Å². The third-order valence-corrected chi connectivity index (χ3v) is 15.7. The Labute approximate surface area is 365 Å². The Morgan fingerprint density at radius 3 is 2.44 bits per heavy atom. The number of Topliss-reactive ketones (excluding diaryl/α,β-unsaturated/α-hetero) is 1. The van der Waals surface area contributed by atoms with Crippen LogP contribution in [0.15, 0.2) is 23.8 Å². The van der Waals surface area contributed by atoms with Crippen molar-refractivity contribution < 1.29 is 73.0 Å². The summed E-state index contributed by atoms with van der Waals surface area (Å²) in [6.45, 7) is 13.9. The molecule has 8 aliphatic heterocycles. The topological polar surface area (TPSA) is 209 Å². The second-order valence-electron chi connectivity index (χ2n) is 21.2. The molecule has 0 aromatic carbocycles. The van der Waals surface area contributed by atoms with Crippen molar-refractivity contribution in [3.63, 3.8) is 0 Å². The zero-order valence-corrected chi connectivity index (χ0v) is 37.7. The lowest BCUT2D eigenvalue weighted by Gasteiger charge is -2.47. The van der Waals surface area contributed by atoms with Crippen LogP contribution in [0.5, 0.6) is 0 Å². The van der Waals surface area contributed by atoms with E-state index >= 15 is 0 Å². The van der Waals surface area contributed by atoms with Gasteiger partial charge in [0.1, 0.15) is 42.2 Å². The highest BCUT2D eigenvalue weighted by molar-refractivity contribution is 5.86. The maximum absolute atomic E-state index is 13.9. The fourth-order valence-corrected chi connectivity index (χ4v) is 12.1. The quantitative estimate of drug-likeness (QED) is 0.167. The number of aliphatic hydroxyl groups is 4. The van der Waals surface area contributed by atoms with Crippen molar-refractivity contribution in [1.82, 2.24) is 0 Å². The number of carboxylic acids is 1. The summed E-state index contributed by atoms with van der Waals surface area (Å²) in [6.07, 6.45) is 6.29. The molecule has 8 aliphatic rings. The molecule has 19 atom stereocenters. The summed E-state index contributed by atoms with van der Waals surface area (Å²) in [6, 6.07) is 0. The Balaban J connectivity index is 0.863. The van der Waals surface area contributed by atoms with Gasteiger partial charge in [0.05, 0.1) is 48.1 Å². The number of ether oxygens (including phenoxy) is 8. The molecule has 15 nitrogen and oxygen atoms in total. The molecular weight excluding hydrogens is 805 g/mol. The van der Waals surface area contributed by atoms with Gasteiger partial charge in [-0.3, -0.25) is 9.59 Å². The third kappa shape index (κ3) is 8.89. The molecule has 0 aromatic rings. The largest absolute Gasteiger partial charge is 0.481 e. The summed E-state index contributed by atoms with van der Waals surface area (Å²) in [4.78, 5) is 25.5. The van der Waals surface area contributed by atoms with Crippen LogP contribution in [-0.4, -0.2) is 139 Å². The van der Waals surface area contributed by atoms with Crippen LogP contribution in [-0.2, 0) is 47.5 Å². The van der Waals surface area contributed by atoms with Crippen LogP contribution in [0.25, 0.3) is 0 Å². The normalized spacial score (nSPS) is 50.2. The van der Waals surface area contributed by atoms with E-state index in [1.54, 1.807) is 19.9 Å². The minimum absolute atomic E-state index is 0.00421. The van der Waals surface area contributed by atoms with Gasteiger partial charge in [0, 0.05) is 38.5 Å². The molecule has 2 bridgehead atoms. The van der Waals surface area contributed by atoms with Crippen molar-refractivity contribution in [3.05, 3.63) is 23.8 Å². The summed E-state index contributed by atoms with van der Waals surface area (Å²) in [5, 5.41) is 54.0. The summed E-state index contributed by atoms with van der Waals surface area (Å²) >= 11 is 0. The first-order chi connectivity index (χ1) is 29.1. The molecule has 8 rings (SSSR count). The molecule has 0 saturated carbocycles. The monoisotopic (exact) mass is 876 g/mol. The average Bonchev–Trinajstić information content (AvgIpc) is 4.02. The molecule has 62 heavy (non-hydrogen) atoms. The van der Waals surface area contributed by atoms with Gasteiger partial charge in [-0.05, 0) is 97.8 Å². The fourth-order valence-electron chi connectivity index (χ4n) is 12.1. The number of hydrogen-bond acceptors (Lipinski definition) is 14. The Hall–Kier alpha value is -1.86. The van der Waals surface area contributed by atoms with Gasteiger partial charge >= 0.3 is 5.97 Å². The van der Waals surface area contributed by atoms with Crippen molar-refractivity contribution in [1.29, 1.82) is 0 Å². The maximum Gasteiger partial charge on any atom is 0.308 e. The highest BCUT2D eigenvalue weighted by Gasteiger charge is 2.64. The van der Waals surface area contributed by atoms with Gasteiger partial charge in [0.15, 0.2) is 17.4 Å². The van der Waals surface area contributed by atoms with Crippen LogP contribution in [0, 0.1) is 17.8 Å². The lowest BCUT2D eigenvalue weighted by molar-refractivity contribution is -0.359. The van der Waals surface area contributed by atoms with E-state index in [0.717, 1.165) is 37.7 Å². The number of ketones is 1. The fraction of sp³-hybridized carbons (Fsp3) is 0.872. The average molecular weight is 877 g/mol. The molecule has 8 fully saturated rings. The van der Waals surface area contributed by atoms with Gasteiger partial charge in [-0.15, -0.1) is 0 Å². The summed E-state index contributed by atoms with van der Waals surface area (Å²) < 4.78 is 51.4. The van der Waals surface area contributed by atoms with E-state index in [4.69, 9.17) is 37.9 Å². The van der Waals surface area contributed by atoms with E-state index in [1.165, 1.54) is 0 Å². The SMILES string of the molecule is CC(/C=C/[C@@H]1O[C@@H]([C@]2(O)OCC[C@H](C)[C@@H]2O)C[C@@H]1O)=C\[C@@H](C)C[C@]1(C)CC[C@@H]([C@]23CC[C@](C)(C[C@@H]([C@@H]4O[C@](C)([C@H](O)[C@H]5CC[C@@]6(CCC[C@@H]([C@H](C)C(=O)O)O6)O5)CC4=O)O2)O3)O1. The van der Waals surface area contributed by atoms with Crippen LogP contribution < -0.4 is 0 Å². The number of allylic oxidation sites excluding steroid dienone is 3. The third-order valence-electron chi connectivity index (χ3n) is 15.7. The molecule has 8 saturated heterocycles. The first kappa shape index (κ1) is 46.7. The second-order valence-corrected chi connectivity index (χ2v) is 21.2. The lowest BCUT2D eigenvalue weighted by atomic mass is 9.87. The van der Waals surface area contributed by atoms with Crippen molar-refractivity contribution in [3.8, 4) is 0 Å². The summed E-state index contributed by atoms with van der Waals surface area (Å²) in [7, 11) is 0. The summed E-state index contributed by atoms with van der Waals surface area (Å²) in [5.41, 5.74) is -1.22. The van der Waals surface area contributed by atoms with Gasteiger partial charge < -0.3 is 63.4 Å². The summed E-state index contributed by atoms with van der Waals surface area (Å²) in [5.74, 6) is -5.58. The van der Waals surface area contributed by atoms with E-state index in [2.05, 4.69) is 26.8 Å². The smallest absolute Gasteiger partial charge is 0.308 e. The highest BCUT2D eigenvalue weighted by atomic mass is 16.8. The minimum atomic E-state index is -1.86. The molecule has 15 heteroatoms. The minimum Gasteiger partial charge on any atom is -0.481 e. The van der Waals surface area contributed by atoms with Gasteiger partial charge in [-0.2, -0.15) is 0 Å². The Morgan fingerprint density at radius 1 is 0.919 bits per heavy atom. The zero-order chi connectivity index (χ0) is 44.6. The van der Waals surface area contributed by atoms with Crippen LogP contribution >= 0.6 is 0 Å². The molecular formula is C47H72O15. The van der Waals surface area contributed by atoms with Gasteiger partial charge in [-0.1, -0.05) is 37.6 Å². The molecule has 350 valence electrons. The predicted molar refractivity (Wildman–Crippen MR) is 221 cm³/mol. The van der Waals surface area contributed by atoms with Crippen LogP contribution in [0.3, 0.4) is 0 Å². The molecule has 5 N–H and O–H groups in total. The predicted octanol–water partition coefficient (Wildman–Crippen LogP) is 4.77. The molecule has 0 amide bonds. The lowest BCUT2D eigenvalue weighted by Crippen LogP contribution is -2.59. The zero-order valence-electron chi connectivity index (χ0n) is 37.7. The number of hydrogen-bond donors (Lipinski definition) is 5.